The number of fused-ring (bicyclic) bond motifs is 1. The molecule has 1 aliphatic rings. The maximum atomic E-state index is 13.3. The molecule has 0 saturated heterocycles. The normalized spacial score (nSPS) is 16.3. The van der Waals surface area contributed by atoms with Crippen LogP contribution < -0.4 is 9.80 Å². The minimum atomic E-state index is -4.64. The summed E-state index contributed by atoms with van der Waals surface area (Å²) in [6, 6.07) is 13.6. The van der Waals surface area contributed by atoms with Crippen LogP contribution in [-0.4, -0.2) is 17.9 Å². The number of hydrogen-bond donors (Lipinski definition) is 0. The van der Waals surface area contributed by atoms with E-state index in [4.69, 9.17) is 0 Å². The van der Waals surface area contributed by atoms with E-state index in [0.717, 1.165) is 35.2 Å². The zero-order valence-electron chi connectivity index (χ0n) is 18.2. The Labute approximate surface area is 196 Å². The highest BCUT2D eigenvalue weighted by Gasteiger charge is 2.40. The molecule has 4 rings (SSSR count). The van der Waals surface area contributed by atoms with Crippen molar-refractivity contribution in [2.45, 2.75) is 31.9 Å². The molecule has 0 N–H and O–H groups in total. The lowest BCUT2D eigenvalue weighted by atomic mass is 10.0. The zero-order valence-corrected chi connectivity index (χ0v) is 18.2. The lowest BCUT2D eigenvalue weighted by Gasteiger charge is -2.40. The van der Waals surface area contributed by atoms with Crippen LogP contribution in [0.15, 0.2) is 72.8 Å². The van der Waals surface area contributed by atoms with E-state index in [9.17, 15) is 35.9 Å². The summed E-state index contributed by atoms with van der Waals surface area (Å²) in [7, 11) is 0. The van der Waals surface area contributed by atoms with Crippen LogP contribution in [-0.2, 0) is 23.7 Å². The number of hydrogen-bond acceptors (Lipinski definition) is 2. The molecule has 35 heavy (non-hydrogen) atoms. The molecule has 0 aliphatic carbocycles. The predicted octanol–water partition coefficient (Wildman–Crippen LogP) is 6.31. The van der Waals surface area contributed by atoms with Crippen LogP contribution in [0.25, 0.3) is 0 Å². The lowest BCUT2D eigenvalue weighted by Crippen LogP contribution is -2.54. The molecule has 0 saturated carbocycles. The summed E-state index contributed by atoms with van der Waals surface area (Å²) in [4.78, 5) is 29.0. The number of benzene rings is 3. The molecular formula is C25H18F6N2O2. The number of carbonyl (C=O) groups is 2. The summed E-state index contributed by atoms with van der Waals surface area (Å²) < 4.78 is 78.1. The van der Waals surface area contributed by atoms with Gasteiger partial charge >= 0.3 is 12.4 Å². The molecule has 1 aliphatic heterocycles. The van der Waals surface area contributed by atoms with E-state index in [0.29, 0.717) is 16.9 Å². The smallest absolute Gasteiger partial charge is 0.304 e. The van der Waals surface area contributed by atoms with E-state index in [1.165, 1.54) is 30.0 Å². The van der Waals surface area contributed by atoms with Gasteiger partial charge in [-0.1, -0.05) is 30.3 Å². The summed E-state index contributed by atoms with van der Waals surface area (Å²) >= 11 is 0. The van der Waals surface area contributed by atoms with Crippen molar-refractivity contribution < 1.29 is 35.9 Å². The number of nitrogens with zero attached hydrogens (tertiary/aromatic N) is 2. The van der Waals surface area contributed by atoms with E-state index in [2.05, 4.69) is 0 Å². The SMILES string of the molecule is C[C@H]1C(=O)N(Cc2ccc(C(F)(F)F)cc2)c2ccccc2N1C(=O)c1cccc(C(F)(F)F)c1. The van der Waals surface area contributed by atoms with Gasteiger partial charge in [-0.2, -0.15) is 26.3 Å². The number of anilines is 2. The van der Waals surface area contributed by atoms with Gasteiger partial charge in [0.15, 0.2) is 0 Å². The van der Waals surface area contributed by atoms with Gasteiger partial charge in [0.2, 0.25) is 5.91 Å². The van der Waals surface area contributed by atoms with Crippen molar-refractivity contribution in [1.29, 1.82) is 0 Å². The van der Waals surface area contributed by atoms with Crippen LogP contribution in [0.3, 0.4) is 0 Å². The second kappa shape index (κ2) is 8.75. The molecule has 2 amide bonds. The van der Waals surface area contributed by atoms with Crippen LogP contribution >= 0.6 is 0 Å². The molecule has 1 atom stereocenters. The molecule has 0 radical (unpaired) electrons. The quantitative estimate of drug-likeness (QED) is 0.403. The monoisotopic (exact) mass is 492 g/mol. The van der Waals surface area contributed by atoms with Crippen molar-refractivity contribution >= 4 is 23.2 Å². The van der Waals surface area contributed by atoms with E-state index in [1.54, 1.807) is 24.3 Å². The van der Waals surface area contributed by atoms with Crippen LogP contribution in [0.2, 0.25) is 0 Å². The number of alkyl halides is 6. The van der Waals surface area contributed by atoms with E-state index in [1.807, 2.05) is 0 Å². The first-order valence-electron chi connectivity index (χ1n) is 10.5. The maximum absolute atomic E-state index is 13.3. The van der Waals surface area contributed by atoms with Crippen LogP contribution in [0.4, 0.5) is 37.7 Å². The van der Waals surface area contributed by atoms with Crippen molar-refractivity contribution in [3.63, 3.8) is 0 Å². The van der Waals surface area contributed by atoms with Gasteiger partial charge in [-0.05, 0) is 55.0 Å². The van der Waals surface area contributed by atoms with Crippen LogP contribution in [0, 0.1) is 0 Å². The average Bonchev–Trinajstić information content (AvgIpc) is 2.81. The highest BCUT2D eigenvalue weighted by molar-refractivity contribution is 6.17. The van der Waals surface area contributed by atoms with Gasteiger partial charge in [-0.25, -0.2) is 0 Å². The fraction of sp³-hybridized carbons (Fsp3) is 0.200. The fourth-order valence-electron chi connectivity index (χ4n) is 3.96. The fourth-order valence-corrected chi connectivity index (χ4v) is 3.96. The average molecular weight is 492 g/mol. The van der Waals surface area contributed by atoms with Gasteiger partial charge in [-0.15, -0.1) is 0 Å². The zero-order chi connectivity index (χ0) is 25.5. The third-order valence-corrected chi connectivity index (χ3v) is 5.72. The van der Waals surface area contributed by atoms with E-state index in [-0.39, 0.29) is 12.1 Å². The molecule has 0 bridgehead atoms. The number of carbonyl (C=O) groups excluding carboxylic acids is 2. The Morgan fingerprint density at radius 2 is 1.40 bits per heavy atom. The van der Waals surface area contributed by atoms with Gasteiger partial charge in [0, 0.05) is 5.56 Å². The first-order valence-corrected chi connectivity index (χ1v) is 10.5. The standard InChI is InChI=1S/C25H18F6N2O2/c1-15-22(34)32(14-16-9-11-18(12-10-16)24(26,27)28)20-7-2-3-8-21(20)33(15)23(35)17-5-4-6-19(13-17)25(29,30)31/h2-13,15H,14H2,1H3/t15-/m0/s1. The molecule has 0 unspecified atom stereocenters. The molecule has 0 spiro atoms. The Kier molecular flexibility index (Phi) is 6.08. The summed E-state index contributed by atoms with van der Waals surface area (Å²) in [5.41, 5.74) is -0.990. The lowest BCUT2D eigenvalue weighted by molar-refractivity contribution is -0.138. The van der Waals surface area contributed by atoms with E-state index < -0.39 is 41.3 Å². The third kappa shape index (κ3) is 4.73. The number of rotatable bonds is 3. The van der Waals surface area contributed by atoms with Crippen molar-refractivity contribution in [2.75, 3.05) is 9.80 Å². The topological polar surface area (TPSA) is 40.6 Å². The summed E-state index contributed by atoms with van der Waals surface area (Å²) in [5.74, 6) is -1.30. The Balaban J connectivity index is 1.69. The third-order valence-electron chi connectivity index (χ3n) is 5.72. The largest absolute Gasteiger partial charge is 0.416 e. The highest BCUT2D eigenvalue weighted by atomic mass is 19.4. The van der Waals surface area contributed by atoms with Crippen LogP contribution in [0.5, 0.6) is 0 Å². The van der Waals surface area contributed by atoms with Gasteiger partial charge in [-0.3, -0.25) is 14.5 Å². The molecule has 1 heterocycles. The first-order chi connectivity index (χ1) is 16.4. The van der Waals surface area contributed by atoms with Crippen LogP contribution in [0.1, 0.15) is 34.0 Å². The molecule has 3 aromatic rings. The Hall–Kier alpha value is -3.82. The molecule has 10 heteroatoms. The van der Waals surface area contributed by atoms with Gasteiger partial charge in [0.25, 0.3) is 5.91 Å². The highest BCUT2D eigenvalue weighted by Crippen LogP contribution is 2.39. The summed E-state index contributed by atoms with van der Waals surface area (Å²) in [6.07, 6.45) is -9.14. The molecular weight excluding hydrogens is 474 g/mol. The Morgan fingerprint density at radius 3 is 2.00 bits per heavy atom. The second-order valence-corrected chi connectivity index (χ2v) is 8.04. The molecule has 182 valence electrons. The first kappa shape index (κ1) is 24.3. The van der Waals surface area contributed by atoms with E-state index >= 15 is 0 Å². The molecule has 4 nitrogen and oxygen atoms in total. The van der Waals surface area contributed by atoms with Crippen molar-refractivity contribution in [3.8, 4) is 0 Å². The van der Waals surface area contributed by atoms with Gasteiger partial charge in [0.1, 0.15) is 6.04 Å². The maximum Gasteiger partial charge on any atom is 0.416 e. The second-order valence-electron chi connectivity index (χ2n) is 8.04. The summed E-state index contributed by atoms with van der Waals surface area (Å²) in [6.45, 7) is 1.40. The number of para-hydroxylation sites is 2. The Bertz CT molecular complexity index is 1270. The molecule has 0 aromatic heterocycles. The predicted molar refractivity (Wildman–Crippen MR) is 117 cm³/mol. The Morgan fingerprint density at radius 1 is 0.800 bits per heavy atom. The molecule has 0 fully saturated rings. The van der Waals surface area contributed by atoms with Crippen molar-refractivity contribution in [2.24, 2.45) is 0 Å². The number of halogens is 6. The van der Waals surface area contributed by atoms with Gasteiger partial charge in [0.05, 0.1) is 29.0 Å². The summed E-state index contributed by atoms with van der Waals surface area (Å²) in [5, 5.41) is 0. The van der Waals surface area contributed by atoms with Crippen molar-refractivity contribution in [3.05, 3.63) is 95.1 Å². The molecule has 3 aromatic carbocycles. The van der Waals surface area contributed by atoms with Gasteiger partial charge < -0.3 is 4.90 Å². The number of amides is 2. The van der Waals surface area contributed by atoms with Crippen molar-refractivity contribution in [1.82, 2.24) is 0 Å². The minimum absolute atomic E-state index is 0.0517. The minimum Gasteiger partial charge on any atom is -0.304 e.